The summed E-state index contributed by atoms with van der Waals surface area (Å²) < 4.78 is 0. The van der Waals surface area contributed by atoms with Crippen LogP contribution in [0.4, 0.5) is 0 Å². The second-order valence-corrected chi connectivity index (χ2v) is 5.14. The summed E-state index contributed by atoms with van der Waals surface area (Å²) in [6.07, 6.45) is 4.57. The predicted molar refractivity (Wildman–Crippen MR) is 64.3 cm³/mol. The van der Waals surface area contributed by atoms with Crippen LogP contribution in [0.2, 0.25) is 0 Å². The molecule has 92 valence electrons. The lowest BCUT2D eigenvalue weighted by molar-refractivity contribution is -0.122. The first-order chi connectivity index (χ1) is 7.75. The van der Waals surface area contributed by atoms with Crippen molar-refractivity contribution in [1.29, 1.82) is 0 Å². The third-order valence-corrected chi connectivity index (χ3v) is 3.88. The summed E-state index contributed by atoms with van der Waals surface area (Å²) >= 11 is 0. The van der Waals surface area contributed by atoms with Crippen molar-refractivity contribution in [2.45, 2.75) is 31.7 Å². The quantitative estimate of drug-likeness (QED) is 0.718. The SMILES string of the molecule is CN1CCNCC1CC(=O)NCC1CCC1. The molecule has 1 heterocycles. The van der Waals surface area contributed by atoms with E-state index in [2.05, 4.69) is 22.6 Å². The highest BCUT2D eigenvalue weighted by Gasteiger charge is 2.22. The minimum absolute atomic E-state index is 0.215. The first-order valence-electron chi connectivity index (χ1n) is 6.43. The van der Waals surface area contributed by atoms with Gasteiger partial charge in [-0.2, -0.15) is 0 Å². The molecule has 4 nitrogen and oxygen atoms in total. The molecule has 16 heavy (non-hydrogen) atoms. The molecule has 0 bridgehead atoms. The highest BCUT2D eigenvalue weighted by Crippen LogP contribution is 2.25. The van der Waals surface area contributed by atoms with Gasteiger partial charge in [-0.1, -0.05) is 6.42 Å². The lowest BCUT2D eigenvalue weighted by Gasteiger charge is -2.33. The third-order valence-electron chi connectivity index (χ3n) is 3.88. The Kier molecular flexibility index (Phi) is 4.18. The van der Waals surface area contributed by atoms with E-state index < -0.39 is 0 Å². The van der Waals surface area contributed by atoms with Crippen molar-refractivity contribution in [3.05, 3.63) is 0 Å². The number of piperazine rings is 1. The number of rotatable bonds is 4. The van der Waals surface area contributed by atoms with Crippen LogP contribution in [-0.4, -0.2) is 50.1 Å². The zero-order chi connectivity index (χ0) is 11.4. The number of likely N-dealkylation sites (N-methyl/N-ethyl adjacent to an activating group) is 1. The minimum atomic E-state index is 0.215. The standard InChI is InChI=1S/C12H23N3O/c1-15-6-5-13-9-11(15)7-12(16)14-8-10-3-2-4-10/h10-11,13H,2-9H2,1H3,(H,14,16). The van der Waals surface area contributed by atoms with E-state index in [9.17, 15) is 4.79 Å². The van der Waals surface area contributed by atoms with Gasteiger partial charge in [-0.3, -0.25) is 4.79 Å². The van der Waals surface area contributed by atoms with Crippen LogP contribution >= 0.6 is 0 Å². The number of hydrogen-bond donors (Lipinski definition) is 2. The second-order valence-electron chi connectivity index (χ2n) is 5.14. The summed E-state index contributed by atoms with van der Waals surface area (Å²) in [7, 11) is 2.10. The molecule has 0 aromatic rings. The van der Waals surface area contributed by atoms with Gasteiger partial charge >= 0.3 is 0 Å². The summed E-state index contributed by atoms with van der Waals surface area (Å²) in [6.45, 7) is 3.91. The Labute approximate surface area is 97.8 Å². The van der Waals surface area contributed by atoms with Crippen LogP contribution in [0, 0.1) is 5.92 Å². The Morgan fingerprint density at radius 3 is 2.94 bits per heavy atom. The average molecular weight is 225 g/mol. The molecule has 0 radical (unpaired) electrons. The van der Waals surface area contributed by atoms with Crippen LogP contribution in [0.1, 0.15) is 25.7 Å². The van der Waals surface area contributed by atoms with E-state index in [-0.39, 0.29) is 5.91 Å². The van der Waals surface area contributed by atoms with E-state index in [1.165, 1.54) is 19.3 Å². The molecule has 0 spiro atoms. The number of nitrogens with one attached hydrogen (secondary N) is 2. The summed E-state index contributed by atoms with van der Waals surface area (Å²) in [5.74, 6) is 0.971. The van der Waals surface area contributed by atoms with Crippen molar-refractivity contribution in [3.8, 4) is 0 Å². The van der Waals surface area contributed by atoms with Gasteiger partial charge in [0.1, 0.15) is 0 Å². The van der Waals surface area contributed by atoms with E-state index in [0.29, 0.717) is 12.5 Å². The Hall–Kier alpha value is -0.610. The van der Waals surface area contributed by atoms with Gasteiger partial charge in [0.05, 0.1) is 0 Å². The summed E-state index contributed by atoms with van der Waals surface area (Å²) in [4.78, 5) is 14.0. The fourth-order valence-corrected chi connectivity index (χ4v) is 2.33. The van der Waals surface area contributed by atoms with Crippen molar-refractivity contribution < 1.29 is 4.79 Å². The van der Waals surface area contributed by atoms with Crippen molar-refractivity contribution in [1.82, 2.24) is 15.5 Å². The summed E-state index contributed by atoms with van der Waals surface area (Å²) in [5.41, 5.74) is 0. The first kappa shape index (κ1) is 11.9. The summed E-state index contributed by atoms with van der Waals surface area (Å²) in [5, 5.41) is 6.40. The number of hydrogen-bond acceptors (Lipinski definition) is 3. The van der Waals surface area contributed by atoms with E-state index in [1.54, 1.807) is 0 Å². The molecule has 2 fully saturated rings. The molecule has 1 aliphatic heterocycles. The van der Waals surface area contributed by atoms with Crippen LogP contribution in [-0.2, 0) is 4.79 Å². The Morgan fingerprint density at radius 2 is 2.31 bits per heavy atom. The maximum atomic E-state index is 11.7. The van der Waals surface area contributed by atoms with Crippen LogP contribution in [0.5, 0.6) is 0 Å². The Morgan fingerprint density at radius 1 is 1.50 bits per heavy atom. The molecule has 1 atom stereocenters. The predicted octanol–water partition coefficient (Wildman–Crippen LogP) is 0.196. The number of carbonyl (C=O) groups is 1. The second kappa shape index (κ2) is 5.64. The largest absolute Gasteiger partial charge is 0.356 e. The van der Waals surface area contributed by atoms with Gasteiger partial charge in [-0.05, 0) is 25.8 Å². The Bertz CT molecular complexity index is 240. The van der Waals surface area contributed by atoms with E-state index >= 15 is 0 Å². The van der Waals surface area contributed by atoms with Crippen LogP contribution in [0.25, 0.3) is 0 Å². The fraction of sp³-hybridized carbons (Fsp3) is 0.917. The normalized spacial score (nSPS) is 27.4. The summed E-state index contributed by atoms with van der Waals surface area (Å²) in [6, 6.07) is 0.371. The number of amides is 1. The highest BCUT2D eigenvalue weighted by molar-refractivity contribution is 5.76. The van der Waals surface area contributed by atoms with Gasteiger partial charge in [0, 0.05) is 38.6 Å². The fourth-order valence-electron chi connectivity index (χ4n) is 2.33. The Balaban J connectivity index is 1.64. The molecule has 1 saturated heterocycles. The van der Waals surface area contributed by atoms with Crippen molar-refractivity contribution in [3.63, 3.8) is 0 Å². The molecule has 0 aromatic carbocycles. The molecule has 2 rings (SSSR count). The molecular formula is C12H23N3O. The molecule has 1 unspecified atom stereocenters. The average Bonchev–Trinajstić information content (AvgIpc) is 2.19. The molecule has 1 amide bonds. The first-order valence-corrected chi connectivity index (χ1v) is 6.43. The zero-order valence-electron chi connectivity index (χ0n) is 10.2. The molecule has 2 N–H and O–H groups in total. The van der Waals surface area contributed by atoms with Crippen LogP contribution < -0.4 is 10.6 Å². The topological polar surface area (TPSA) is 44.4 Å². The van der Waals surface area contributed by atoms with Gasteiger partial charge < -0.3 is 15.5 Å². The third kappa shape index (κ3) is 3.19. The van der Waals surface area contributed by atoms with Gasteiger partial charge in [0.2, 0.25) is 5.91 Å². The number of carbonyl (C=O) groups excluding carboxylic acids is 1. The number of nitrogens with zero attached hydrogens (tertiary/aromatic N) is 1. The smallest absolute Gasteiger partial charge is 0.221 e. The van der Waals surface area contributed by atoms with Crippen LogP contribution in [0.15, 0.2) is 0 Å². The van der Waals surface area contributed by atoms with Crippen LogP contribution in [0.3, 0.4) is 0 Å². The van der Waals surface area contributed by atoms with Gasteiger partial charge in [0.25, 0.3) is 0 Å². The maximum absolute atomic E-state index is 11.7. The molecule has 0 aromatic heterocycles. The maximum Gasteiger partial charge on any atom is 0.221 e. The van der Waals surface area contributed by atoms with E-state index in [4.69, 9.17) is 0 Å². The lowest BCUT2D eigenvalue weighted by atomic mass is 9.85. The van der Waals surface area contributed by atoms with Crippen molar-refractivity contribution >= 4 is 5.91 Å². The lowest BCUT2D eigenvalue weighted by Crippen LogP contribution is -2.51. The molecule has 1 saturated carbocycles. The van der Waals surface area contributed by atoms with Crippen molar-refractivity contribution in [2.75, 3.05) is 33.2 Å². The van der Waals surface area contributed by atoms with Crippen molar-refractivity contribution in [2.24, 2.45) is 5.92 Å². The minimum Gasteiger partial charge on any atom is -0.356 e. The molecule has 4 heteroatoms. The molecule has 2 aliphatic rings. The highest BCUT2D eigenvalue weighted by atomic mass is 16.1. The zero-order valence-corrected chi connectivity index (χ0v) is 10.2. The van der Waals surface area contributed by atoms with Gasteiger partial charge in [0.15, 0.2) is 0 Å². The van der Waals surface area contributed by atoms with E-state index in [0.717, 1.165) is 32.1 Å². The van der Waals surface area contributed by atoms with Gasteiger partial charge in [-0.25, -0.2) is 0 Å². The monoisotopic (exact) mass is 225 g/mol. The van der Waals surface area contributed by atoms with Gasteiger partial charge in [-0.15, -0.1) is 0 Å². The van der Waals surface area contributed by atoms with E-state index in [1.807, 2.05) is 0 Å². The molecular weight excluding hydrogens is 202 g/mol. The molecule has 1 aliphatic carbocycles.